The minimum Gasteiger partial charge on any atom is -0.452 e. The van der Waals surface area contributed by atoms with Crippen LogP contribution in [0, 0.1) is 0 Å². The first-order chi connectivity index (χ1) is 13.5. The lowest BCUT2D eigenvalue weighted by molar-refractivity contribution is -0.119. The van der Waals surface area contributed by atoms with E-state index in [1.165, 1.54) is 29.2 Å². The summed E-state index contributed by atoms with van der Waals surface area (Å²) in [6, 6.07) is 10.8. The fraction of sp³-hybridized carbons (Fsp3) is 0.211. The number of anilines is 1. The molecule has 0 bridgehead atoms. The first-order valence-corrected chi connectivity index (χ1v) is 9.01. The third-order valence-electron chi connectivity index (χ3n) is 3.48. The standard InChI is InChI=1S/C19H17F3N2O4S/c1-24(2)17(26)12-3-7-14(8-4-12)23-16(25)11-28-18(27)13-5-9-15(10-6-13)29-19(20,21)22/h3-10H,11H2,1-2H3,(H,23,25). The molecule has 0 aliphatic heterocycles. The number of carbonyl (C=O) groups excluding carboxylic acids is 3. The van der Waals surface area contributed by atoms with E-state index in [0.29, 0.717) is 11.3 Å². The first kappa shape index (κ1) is 22.3. The van der Waals surface area contributed by atoms with Gasteiger partial charge < -0.3 is 15.0 Å². The Bertz CT molecular complexity index is 882. The molecule has 10 heteroatoms. The molecule has 0 saturated heterocycles. The van der Waals surface area contributed by atoms with Crippen molar-refractivity contribution in [3.8, 4) is 0 Å². The van der Waals surface area contributed by atoms with E-state index in [1.807, 2.05) is 0 Å². The van der Waals surface area contributed by atoms with Crippen molar-refractivity contribution in [3.05, 3.63) is 59.7 Å². The number of esters is 1. The van der Waals surface area contributed by atoms with E-state index in [0.717, 1.165) is 12.1 Å². The molecular formula is C19H17F3N2O4S. The lowest BCUT2D eigenvalue weighted by Crippen LogP contribution is -2.22. The van der Waals surface area contributed by atoms with Crippen LogP contribution in [-0.2, 0) is 9.53 Å². The summed E-state index contributed by atoms with van der Waals surface area (Å²) in [5.41, 5.74) is -3.53. The second-order valence-electron chi connectivity index (χ2n) is 5.97. The maximum atomic E-state index is 12.3. The number of hydrogen-bond donors (Lipinski definition) is 1. The van der Waals surface area contributed by atoms with Crippen molar-refractivity contribution in [2.75, 3.05) is 26.0 Å². The number of benzene rings is 2. The molecule has 0 fully saturated rings. The van der Waals surface area contributed by atoms with Crippen molar-refractivity contribution in [1.82, 2.24) is 4.90 Å². The Morgan fingerprint density at radius 1 is 0.966 bits per heavy atom. The molecule has 1 N–H and O–H groups in total. The van der Waals surface area contributed by atoms with Crippen molar-refractivity contribution in [1.29, 1.82) is 0 Å². The van der Waals surface area contributed by atoms with Gasteiger partial charge in [0.05, 0.1) is 5.56 Å². The smallest absolute Gasteiger partial charge is 0.446 e. The van der Waals surface area contributed by atoms with Crippen molar-refractivity contribution in [3.63, 3.8) is 0 Å². The van der Waals surface area contributed by atoms with E-state index in [1.54, 1.807) is 26.2 Å². The molecule has 6 nitrogen and oxygen atoms in total. The predicted octanol–water partition coefficient (Wildman–Crippen LogP) is 3.80. The average molecular weight is 426 g/mol. The van der Waals surface area contributed by atoms with Crippen LogP contribution in [-0.4, -0.2) is 48.9 Å². The monoisotopic (exact) mass is 426 g/mol. The van der Waals surface area contributed by atoms with Crippen LogP contribution in [0.4, 0.5) is 18.9 Å². The zero-order chi connectivity index (χ0) is 21.6. The van der Waals surface area contributed by atoms with Gasteiger partial charge in [-0.15, -0.1) is 0 Å². The number of ether oxygens (including phenoxy) is 1. The first-order valence-electron chi connectivity index (χ1n) is 8.19. The minimum absolute atomic E-state index is 0.0240. The van der Waals surface area contributed by atoms with Crippen LogP contribution in [0.5, 0.6) is 0 Å². The number of alkyl halides is 3. The summed E-state index contributed by atoms with van der Waals surface area (Å²) in [5, 5.41) is 2.51. The van der Waals surface area contributed by atoms with Gasteiger partial charge in [0.15, 0.2) is 6.61 Å². The Labute approximate surface area is 169 Å². The Kier molecular flexibility index (Phi) is 7.27. The summed E-state index contributed by atoms with van der Waals surface area (Å²) < 4.78 is 41.7. The van der Waals surface area contributed by atoms with Gasteiger partial charge in [-0.05, 0) is 60.3 Å². The second kappa shape index (κ2) is 9.46. The second-order valence-corrected chi connectivity index (χ2v) is 7.11. The van der Waals surface area contributed by atoms with Gasteiger partial charge in [0.2, 0.25) is 0 Å². The quantitative estimate of drug-likeness (QED) is 0.562. The van der Waals surface area contributed by atoms with Crippen LogP contribution in [0.1, 0.15) is 20.7 Å². The van der Waals surface area contributed by atoms with Gasteiger partial charge in [-0.1, -0.05) is 0 Å². The van der Waals surface area contributed by atoms with E-state index in [-0.39, 0.29) is 28.1 Å². The van der Waals surface area contributed by atoms with Crippen LogP contribution in [0.2, 0.25) is 0 Å². The molecular weight excluding hydrogens is 409 g/mol. The SMILES string of the molecule is CN(C)C(=O)c1ccc(NC(=O)COC(=O)c2ccc(SC(F)(F)F)cc2)cc1. The lowest BCUT2D eigenvalue weighted by atomic mass is 10.2. The van der Waals surface area contributed by atoms with E-state index in [4.69, 9.17) is 4.74 Å². The minimum atomic E-state index is -4.42. The maximum Gasteiger partial charge on any atom is 0.446 e. The summed E-state index contributed by atoms with van der Waals surface area (Å²) >= 11 is -0.295. The van der Waals surface area contributed by atoms with Crippen LogP contribution in [0.3, 0.4) is 0 Å². The molecule has 2 amide bonds. The van der Waals surface area contributed by atoms with Gasteiger partial charge in [-0.2, -0.15) is 13.2 Å². The summed E-state index contributed by atoms with van der Waals surface area (Å²) in [5.74, 6) is -1.62. The molecule has 2 rings (SSSR count). The number of rotatable bonds is 6. The van der Waals surface area contributed by atoms with Crippen molar-refractivity contribution >= 4 is 35.2 Å². The molecule has 0 spiro atoms. The van der Waals surface area contributed by atoms with E-state index in [9.17, 15) is 27.6 Å². The number of hydrogen-bond acceptors (Lipinski definition) is 5. The highest BCUT2D eigenvalue weighted by Crippen LogP contribution is 2.36. The highest BCUT2D eigenvalue weighted by atomic mass is 32.2. The molecule has 2 aromatic rings. The number of halogens is 3. The highest BCUT2D eigenvalue weighted by Gasteiger charge is 2.29. The summed E-state index contributed by atoms with van der Waals surface area (Å²) in [7, 11) is 3.24. The number of nitrogens with one attached hydrogen (secondary N) is 1. The fourth-order valence-corrected chi connectivity index (χ4v) is 2.70. The maximum absolute atomic E-state index is 12.3. The molecule has 0 aliphatic carbocycles. The van der Waals surface area contributed by atoms with Crippen LogP contribution in [0.25, 0.3) is 0 Å². The number of nitrogens with zero attached hydrogens (tertiary/aromatic N) is 1. The van der Waals surface area contributed by atoms with Crippen LogP contribution < -0.4 is 5.32 Å². The Morgan fingerprint density at radius 3 is 2.03 bits per heavy atom. The van der Waals surface area contributed by atoms with E-state index < -0.39 is 24.0 Å². The van der Waals surface area contributed by atoms with Gasteiger partial charge in [-0.25, -0.2) is 4.79 Å². The molecule has 0 aromatic heterocycles. The third-order valence-corrected chi connectivity index (χ3v) is 4.22. The predicted molar refractivity (Wildman–Crippen MR) is 102 cm³/mol. The van der Waals surface area contributed by atoms with E-state index >= 15 is 0 Å². The largest absolute Gasteiger partial charge is 0.452 e. The fourth-order valence-electron chi connectivity index (χ4n) is 2.16. The van der Waals surface area contributed by atoms with Gasteiger partial charge in [0, 0.05) is 30.2 Å². The van der Waals surface area contributed by atoms with Gasteiger partial charge >= 0.3 is 11.5 Å². The average Bonchev–Trinajstić information content (AvgIpc) is 2.65. The molecule has 2 aromatic carbocycles. The van der Waals surface area contributed by atoms with Gasteiger partial charge in [0.25, 0.3) is 11.8 Å². The number of thioether (sulfide) groups is 1. The van der Waals surface area contributed by atoms with Crippen molar-refractivity contribution in [2.45, 2.75) is 10.4 Å². The van der Waals surface area contributed by atoms with Crippen molar-refractivity contribution in [2.24, 2.45) is 0 Å². The molecule has 154 valence electrons. The Balaban J connectivity index is 1.85. The molecule has 0 radical (unpaired) electrons. The Hall–Kier alpha value is -3.01. The van der Waals surface area contributed by atoms with Crippen LogP contribution >= 0.6 is 11.8 Å². The number of amides is 2. The van der Waals surface area contributed by atoms with E-state index in [2.05, 4.69) is 5.32 Å². The lowest BCUT2D eigenvalue weighted by Gasteiger charge is -2.11. The molecule has 0 atom stereocenters. The number of carbonyl (C=O) groups is 3. The van der Waals surface area contributed by atoms with Crippen molar-refractivity contribution < 1.29 is 32.3 Å². The topological polar surface area (TPSA) is 75.7 Å². The summed E-state index contributed by atoms with van der Waals surface area (Å²) in [4.78, 5) is 37.0. The zero-order valence-corrected chi connectivity index (χ0v) is 16.3. The zero-order valence-electron chi connectivity index (χ0n) is 15.4. The van der Waals surface area contributed by atoms with Gasteiger partial charge in [0.1, 0.15) is 0 Å². The normalized spacial score (nSPS) is 10.9. The molecule has 29 heavy (non-hydrogen) atoms. The highest BCUT2D eigenvalue weighted by molar-refractivity contribution is 8.00. The summed E-state index contributed by atoms with van der Waals surface area (Å²) in [6.45, 7) is -0.573. The third kappa shape index (κ3) is 7.15. The molecule has 0 saturated carbocycles. The molecule has 0 heterocycles. The summed E-state index contributed by atoms with van der Waals surface area (Å²) in [6.07, 6.45) is 0. The molecule has 0 unspecified atom stereocenters. The van der Waals surface area contributed by atoms with Gasteiger partial charge in [-0.3, -0.25) is 9.59 Å². The molecule has 0 aliphatic rings. The Morgan fingerprint density at radius 2 is 1.52 bits per heavy atom. The van der Waals surface area contributed by atoms with Crippen LogP contribution in [0.15, 0.2) is 53.4 Å².